The van der Waals surface area contributed by atoms with Crippen molar-refractivity contribution in [1.82, 2.24) is 0 Å². The number of rotatable bonds is 13. The van der Waals surface area contributed by atoms with Crippen LogP contribution in [0.2, 0.25) is 0 Å². The highest BCUT2D eigenvalue weighted by atomic mass is 16.6. The van der Waals surface area contributed by atoms with Gasteiger partial charge in [0.15, 0.2) is 0 Å². The topological polar surface area (TPSA) is 43.4 Å². The molecule has 0 fully saturated rings. The molecule has 0 amide bonds. The zero-order valence-electron chi connectivity index (χ0n) is 16.1. The van der Waals surface area contributed by atoms with Crippen molar-refractivity contribution in [3.8, 4) is 0 Å². The monoisotopic (exact) mass is 326 g/mol. The third kappa shape index (κ3) is 13.3. The van der Waals surface area contributed by atoms with Crippen LogP contribution in [0.3, 0.4) is 0 Å². The van der Waals surface area contributed by atoms with Crippen LogP contribution in [0.15, 0.2) is 0 Å². The molecule has 0 aliphatic rings. The molecule has 0 saturated heterocycles. The molecule has 0 radical (unpaired) electrons. The van der Waals surface area contributed by atoms with E-state index in [9.17, 15) is 9.59 Å². The van der Waals surface area contributed by atoms with E-state index in [1.807, 2.05) is 20.8 Å². The molecule has 0 spiro atoms. The van der Waals surface area contributed by atoms with Gasteiger partial charge >= 0.3 is 5.97 Å². The summed E-state index contributed by atoms with van der Waals surface area (Å²) >= 11 is 0. The fraction of sp³-hybridized carbons (Fsp3) is 0.900. The Morgan fingerprint density at radius 1 is 0.826 bits per heavy atom. The zero-order valence-corrected chi connectivity index (χ0v) is 16.1. The van der Waals surface area contributed by atoms with Crippen molar-refractivity contribution in [1.29, 1.82) is 0 Å². The highest BCUT2D eigenvalue weighted by molar-refractivity contribution is 5.97. The van der Waals surface area contributed by atoms with Crippen LogP contribution < -0.4 is 0 Å². The minimum Gasteiger partial charge on any atom is -0.459 e. The number of unbranched alkanes of at least 4 members (excludes halogenated alkanes) is 9. The maximum absolute atomic E-state index is 12.0. The van der Waals surface area contributed by atoms with Crippen molar-refractivity contribution in [3.63, 3.8) is 0 Å². The lowest BCUT2D eigenvalue weighted by Crippen LogP contribution is -2.31. The third-order valence-electron chi connectivity index (χ3n) is 4.03. The lowest BCUT2D eigenvalue weighted by Gasteiger charge is -2.22. The molecule has 0 saturated carbocycles. The Bertz CT molecular complexity index is 328. The van der Waals surface area contributed by atoms with Crippen molar-refractivity contribution in [2.75, 3.05) is 0 Å². The second-order valence-electron chi connectivity index (χ2n) is 7.67. The Kier molecular flexibility index (Phi) is 12.1. The Morgan fingerprint density at radius 3 is 1.65 bits per heavy atom. The number of ketones is 1. The number of hydrogen-bond acceptors (Lipinski definition) is 3. The molecule has 3 heteroatoms. The molecule has 0 rings (SSSR count). The largest absolute Gasteiger partial charge is 0.459 e. The number of esters is 1. The van der Waals surface area contributed by atoms with Gasteiger partial charge in [-0.1, -0.05) is 71.1 Å². The van der Waals surface area contributed by atoms with Crippen LogP contribution in [-0.4, -0.2) is 17.4 Å². The lowest BCUT2D eigenvalue weighted by molar-refractivity contribution is -0.162. The molecule has 0 aromatic carbocycles. The molecule has 136 valence electrons. The van der Waals surface area contributed by atoms with Gasteiger partial charge in [-0.05, 0) is 34.1 Å². The Morgan fingerprint density at radius 2 is 1.26 bits per heavy atom. The zero-order chi connectivity index (χ0) is 17.7. The molecule has 1 unspecified atom stereocenters. The highest BCUT2D eigenvalue weighted by Gasteiger charge is 2.28. The van der Waals surface area contributed by atoms with E-state index in [0.29, 0.717) is 6.42 Å². The first kappa shape index (κ1) is 22.1. The second-order valence-corrected chi connectivity index (χ2v) is 7.67. The van der Waals surface area contributed by atoms with Gasteiger partial charge in [-0.25, -0.2) is 0 Å². The van der Waals surface area contributed by atoms with E-state index in [1.54, 1.807) is 0 Å². The second kappa shape index (κ2) is 12.5. The van der Waals surface area contributed by atoms with E-state index in [4.69, 9.17) is 4.74 Å². The maximum Gasteiger partial charge on any atom is 0.316 e. The quantitative estimate of drug-likeness (QED) is 0.242. The van der Waals surface area contributed by atoms with Gasteiger partial charge in [-0.15, -0.1) is 0 Å². The van der Waals surface area contributed by atoms with Gasteiger partial charge in [0.1, 0.15) is 17.3 Å². The van der Waals surface area contributed by atoms with E-state index in [1.165, 1.54) is 58.3 Å². The summed E-state index contributed by atoms with van der Waals surface area (Å²) in [4.78, 5) is 23.7. The number of Topliss-reactive ketones (excluding diaryl/α,β-unsaturated/α-hetero) is 1. The van der Waals surface area contributed by atoms with Gasteiger partial charge in [0.05, 0.1) is 0 Å². The van der Waals surface area contributed by atoms with Gasteiger partial charge in [0, 0.05) is 0 Å². The molecule has 0 heterocycles. The van der Waals surface area contributed by atoms with Crippen LogP contribution in [0.4, 0.5) is 0 Å². The van der Waals surface area contributed by atoms with Gasteiger partial charge in [0.25, 0.3) is 0 Å². The summed E-state index contributed by atoms with van der Waals surface area (Å²) in [7, 11) is 0. The van der Waals surface area contributed by atoms with E-state index in [-0.39, 0.29) is 11.8 Å². The summed E-state index contributed by atoms with van der Waals surface area (Å²) in [6.07, 6.45) is 13.2. The molecule has 3 nitrogen and oxygen atoms in total. The fourth-order valence-corrected chi connectivity index (χ4v) is 2.70. The van der Waals surface area contributed by atoms with Crippen molar-refractivity contribution >= 4 is 11.8 Å². The van der Waals surface area contributed by atoms with E-state index in [2.05, 4.69) is 6.92 Å². The van der Waals surface area contributed by atoms with Crippen molar-refractivity contribution < 1.29 is 14.3 Å². The van der Waals surface area contributed by atoms with E-state index in [0.717, 1.165) is 12.8 Å². The fourth-order valence-electron chi connectivity index (χ4n) is 2.70. The number of carbonyl (C=O) groups is 2. The van der Waals surface area contributed by atoms with Crippen LogP contribution in [0.25, 0.3) is 0 Å². The molecule has 0 bridgehead atoms. The van der Waals surface area contributed by atoms with Gasteiger partial charge in [-0.3, -0.25) is 9.59 Å². The number of ether oxygens (including phenoxy) is 1. The average molecular weight is 327 g/mol. The Balaban J connectivity index is 3.77. The van der Waals surface area contributed by atoms with Crippen molar-refractivity contribution in [2.24, 2.45) is 5.92 Å². The minimum atomic E-state index is -0.580. The van der Waals surface area contributed by atoms with Gasteiger partial charge < -0.3 is 4.74 Å². The molecule has 0 aromatic rings. The Labute approximate surface area is 143 Å². The van der Waals surface area contributed by atoms with Crippen LogP contribution in [0, 0.1) is 5.92 Å². The van der Waals surface area contributed by atoms with Gasteiger partial charge in [-0.2, -0.15) is 0 Å². The summed E-state index contributed by atoms with van der Waals surface area (Å²) in [5, 5.41) is 0. The summed E-state index contributed by atoms with van der Waals surface area (Å²) in [5.74, 6) is -1.01. The molecule has 0 aromatic heterocycles. The molecule has 0 N–H and O–H groups in total. The number of carbonyl (C=O) groups excluding carboxylic acids is 2. The number of hydrogen-bond donors (Lipinski definition) is 0. The first-order valence-corrected chi connectivity index (χ1v) is 9.51. The minimum absolute atomic E-state index is 0.0739. The van der Waals surface area contributed by atoms with Crippen molar-refractivity contribution in [3.05, 3.63) is 0 Å². The summed E-state index contributed by atoms with van der Waals surface area (Å²) < 4.78 is 5.34. The first-order valence-electron chi connectivity index (χ1n) is 9.51. The maximum atomic E-state index is 12.0. The Hall–Kier alpha value is -0.860. The normalized spacial score (nSPS) is 12.9. The van der Waals surface area contributed by atoms with Crippen molar-refractivity contribution in [2.45, 2.75) is 111 Å². The lowest BCUT2D eigenvalue weighted by atomic mass is 9.96. The van der Waals surface area contributed by atoms with Crippen LogP contribution in [0.5, 0.6) is 0 Å². The van der Waals surface area contributed by atoms with Crippen LogP contribution in [-0.2, 0) is 14.3 Å². The predicted molar refractivity (Wildman–Crippen MR) is 96.5 cm³/mol. The standard InChI is InChI=1S/C20H38O3/c1-6-7-8-9-10-11-12-13-14-15-16-18(17(2)21)19(22)23-20(3,4)5/h18H,6-16H2,1-5H3. The van der Waals surface area contributed by atoms with E-state index < -0.39 is 11.5 Å². The molecule has 1 atom stereocenters. The molecular formula is C20H38O3. The molecule has 0 aliphatic carbocycles. The van der Waals surface area contributed by atoms with Crippen LogP contribution in [0.1, 0.15) is 105 Å². The summed E-state index contributed by atoms with van der Waals surface area (Å²) in [5.41, 5.74) is -0.525. The SMILES string of the molecule is CCCCCCCCCCCCC(C(C)=O)C(=O)OC(C)(C)C. The van der Waals surface area contributed by atoms with Crippen LogP contribution >= 0.6 is 0 Å². The van der Waals surface area contributed by atoms with Gasteiger partial charge in [0.2, 0.25) is 0 Å². The predicted octanol–water partition coefficient (Wildman–Crippen LogP) is 5.84. The molecule has 0 aliphatic heterocycles. The summed E-state index contributed by atoms with van der Waals surface area (Å²) in [6.45, 7) is 9.24. The first-order chi connectivity index (χ1) is 10.8. The smallest absolute Gasteiger partial charge is 0.316 e. The van der Waals surface area contributed by atoms with E-state index >= 15 is 0 Å². The highest BCUT2D eigenvalue weighted by Crippen LogP contribution is 2.18. The average Bonchev–Trinajstić information content (AvgIpc) is 2.42. The molecule has 23 heavy (non-hydrogen) atoms. The molecular weight excluding hydrogens is 288 g/mol. The third-order valence-corrected chi connectivity index (χ3v) is 4.03. The summed E-state index contributed by atoms with van der Waals surface area (Å²) in [6, 6.07) is 0.